The number of hydrogen-bond acceptors (Lipinski definition) is 4. The number of hydrogen-bond donors (Lipinski definition) is 2. The van der Waals surface area contributed by atoms with Crippen LogP contribution in [0.2, 0.25) is 0 Å². The van der Waals surface area contributed by atoms with Crippen LogP contribution in [0.3, 0.4) is 0 Å². The third-order valence-electron chi connectivity index (χ3n) is 2.45. The molecular weight excluding hydrogens is 264 g/mol. The van der Waals surface area contributed by atoms with E-state index >= 15 is 0 Å². The molecule has 5 nitrogen and oxygen atoms in total. The molecule has 108 valence electrons. The van der Waals surface area contributed by atoms with Crippen molar-refractivity contribution in [2.45, 2.75) is 13.3 Å². The molecule has 0 spiro atoms. The van der Waals surface area contributed by atoms with Crippen molar-refractivity contribution in [3.63, 3.8) is 0 Å². The van der Waals surface area contributed by atoms with E-state index in [0.29, 0.717) is 19.6 Å². The molecule has 0 aromatic heterocycles. The van der Waals surface area contributed by atoms with Crippen molar-refractivity contribution in [1.29, 1.82) is 0 Å². The molecule has 0 aliphatic rings. The van der Waals surface area contributed by atoms with Crippen LogP contribution in [0.1, 0.15) is 13.3 Å². The highest BCUT2D eigenvalue weighted by Gasteiger charge is 2.08. The van der Waals surface area contributed by atoms with Crippen molar-refractivity contribution in [3.05, 3.63) is 30.3 Å². The van der Waals surface area contributed by atoms with Crippen molar-refractivity contribution in [2.75, 3.05) is 32.0 Å². The van der Waals surface area contributed by atoms with Gasteiger partial charge in [0.15, 0.2) is 0 Å². The first kappa shape index (κ1) is 15.9. The molecule has 6 heteroatoms. The van der Waals surface area contributed by atoms with Crippen LogP contribution in [0, 0.1) is 0 Å². The van der Waals surface area contributed by atoms with Crippen molar-refractivity contribution in [3.8, 4) is 5.75 Å². The SMILES string of the molecule is CCNCCCS(=O)(=O)NCCOc1ccccc1. The molecule has 0 saturated carbocycles. The molecule has 19 heavy (non-hydrogen) atoms. The molecule has 0 saturated heterocycles. The Morgan fingerprint density at radius 3 is 2.58 bits per heavy atom. The molecular formula is C13H22N2O3S. The molecule has 0 heterocycles. The average molecular weight is 286 g/mol. The second kappa shape index (κ2) is 8.90. The van der Waals surface area contributed by atoms with E-state index in [0.717, 1.165) is 18.8 Å². The van der Waals surface area contributed by atoms with E-state index in [2.05, 4.69) is 10.0 Å². The monoisotopic (exact) mass is 286 g/mol. The van der Waals surface area contributed by atoms with E-state index in [-0.39, 0.29) is 5.75 Å². The molecule has 1 rings (SSSR count). The highest BCUT2D eigenvalue weighted by Crippen LogP contribution is 2.07. The Hall–Kier alpha value is -1.11. The van der Waals surface area contributed by atoms with E-state index < -0.39 is 10.0 Å². The molecule has 0 unspecified atom stereocenters. The fourth-order valence-electron chi connectivity index (χ4n) is 1.52. The Bertz CT molecular complexity index is 434. The van der Waals surface area contributed by atoms with E-state index in [1.165, 1.54) is 0 Å². The second-order valence-electron chi connectivity index (χ2n) is 4.08. The number of nitrogens with one attached hydrogen (secondary N) is 2. The normalized spacial score (nSPS) is 11.4. The van der Waals surface area contributed by atoms with E-state index in [1.54, 1.807) is 0 Å². The molecule has 0 radical (unpaired) electrons. The molecule has 0 aliphatic heterocycles. The smallest absolute Gasteiger partial charge is 0.211 e. The first-order valence-corrected chi connectivity index (χ1v) is 8.15. The van der Waals surface area contributed by atoms with Crippen molar-refractivity contribution >= 4 is 10.0 Å². The van der Waals surface area contributed by atoms with E-state index in [1.807, 2.05) is 37.3 Å². The van der Waals surface area contributed by atoms with Crippen LogP contribution in [-0.2, 0) is 10.0 Å². The summed E-state index contributed by atoms with van der Waals surface area (Å²) >= 11 is 0. The summed E-state index contributed by atoms with van der Waals surface area (Å²) in [5, 5.41) is 3.09. The topological polar surface area (TPSA) is 67.4 Å². The maximum Gasteiger partial charge on any atom is 0.211 e. The Morgan fingerprint density at radius 1 is 1.16 bits per heavy atom. The highest BCUT2D eigenvalue weighted by atomic mass is 32.2. The zero-order valence-corrected chi connectivity index (χ0v) is 12.1. The van der Waals surface area contributed by atoms with E-state index in [4.69, 9.17) is 4.74 Å². The van der Waals surface area contributed by atoms with Crippen LogP contribution in [0.15, 0.2) is 30.3 Å². The number of benzene rings is 1. The Morgan fingerprint density at radius 2 is 1.89 bits per heavy atom. The molecule has 0 amide bonds. The van der Waals surface area contributed by atoms with Crippen molar-refractivity contribution in [2.24, 2.45) is 0 Å². The van der Waals surface area contributed by atoms with Gasteiger partial charge in [-0.15, -0.1) is 0 Å². The predicted molar refractivity (Wildman–Crippen MR) is 76.9 cm³/mol. The number of sulfonamides is 1. The molecule has 0 fully saturated rings. The largest absolute Gasteiger partial charge is 0.492 e. The fraction of sp³-hybridized carbons (Fsp3) is 0.538. The standard InChI is InChI=1S/C13H22N2O3S/c1-2-14-9-6-12-19(16,17)15-10-11-18-13-7-4-3-5-8-13/h3-5,7-8,14-15H,2,6,9-12H2,1H3. The minimum absolute atomic E-state index is 0.144. The number of para-hydroxylation sites is 1. The fourth-order valence-corrected chi connectivity index (χ4v) is 2.58. The Balaban J connectivity index is 2.14. The maximum absolute atomic E-state index is 11.6. The summed E-state index contributed by atoms with van der Waals surface area (Å²) in [6.45, 7) is 4.19. The van der Waals surface area contributed by atoms with Crippen molar-refractivity contribution < 1.29 is 13.2 Å². The van der Waals surface area contributed by atoms with Crippen LogP contribution < -0.4 is 14.8 Å². The second-order valence-corrected chi connectivity index (χ2v) is 6.01. The van der Waals surface area contributed by atoms with Crippen molar-refractivity contribution in [1.82, 2.24) is 10.0 Å². The third kappa shape index (κ3) is 7.81. The summed E-state index contributed by atoms with van der Waals surface area (Å²) in [7, 11) is -3.19. The van der Waals surface area contributed by atoms with Gasteiger partial charge in [0, 0.05) is 6.54 Å². The molecule has 2 N–H and O–H groups in total. The lowest BCUT2D eigenvalue weighted by molar-refractivity contribution is 0.323. The van der Waals surface area contributed by atoms with Gasteiger partial charge in [-0.25, -0.2) is 13.1 Å². The first-order chi connectivity index (χ1) is 9.14. The minimum Gasteiger partial charge on any atom is -0.492 e. The van der Waals surface area contributed by atoms with Crippen LogP contribution >= 0.6 is 0 Å². The lowest BCUT2D eigenvalue weighted by atomic mass is 10.3. The van der Waals surface area contributed by atoms with Crippen LogP contribution in [-0.4, -0.2) is 40.4 Å². The molecule has 0 bridgehead atoms. The summed E-state index contributed by atoms with van der Waals surface area (Å²) in [4.78, 5) is 0. The van der Waals surface area contributed by atoms with Gasteiger partial charge in [0.2, 0.25) is 10.0 Å². The van der Waals surface area contributed by atoms with Gasteiger partial charge in [0.1, 0.15) is 12.4 Å². The molecule has 0 atom stereocenters. The van der Waals surface area contributed by atoms with Crippen LogP contribution in [0.25, 0.3) is 0 Å². The maximum atomic E-state index is 11.6. The summed E-state index contributed by atoms with van der Waals surface area (Å²) in [6, 6.07) is 9.33. The lowest BCUT2D eigenvalue weighted by Gasteiger charge is -2.08. The quantitative estimate of drug-likeness (QED) is 0.629. The first-order valence-electron chi connectivity index (χ1n) is 6.50. The van der Waals surface area contributed by atoms with Gasteiger partial charge in [-0.05, 0) is 31.6 Å². The lowest BCUT2D eigenvalue weighted by Crippen LogP contribution is -2.31. The molecule has 0 aliphatic carbocycles. The number of ether oxygens (including phenoxy) is 1. The summed E-state index contributed by atoms with van der Waals surface area (Å²) in [5.41, 5.74) is 0. The predicted octanol–water partition coefficient (Wildman–Crippen LogP) is 0.984. The summed E-state index contributed by atoms with van der Waals surface area (Å²) in [6.07, 6.45) is 0.614. The van der Waals surface area contributed by atoms with Crippen LogP contribution in [0.5, 0.6) is 5.75 Å². The minimum atomic E-state index is -3.19. The van der Waals surface area contributed by atoms with Gasteiger partial charge in [0.25, 0.3) is 0 Å². The average Bonchev–Trinajstić information content (AvgIpc) is 2.41. The Labute approximate surface area is 115 Å². The zero-order valence-electron chi connectivity index (χ0n) is 11.3. The van der Waals surface area contributed by atoms with E-state index in [9.17, 15) is 8.42 Å². The molecule has 1 aromatic carbocycles. The number of rotatable bonds is 10. The van der Waals surface area contributed by atoms with Gasteiger partial charge in [-0.2, -0.15) is 0 Å². The van der Waals surface area contributed by atoms with Gasteiger partial charge in [-0.1, -0.05) is 25.1 Å². The van der Waals surface area contributed by atoms with Gasteiger partial charge < -0.3 is 10.1 Å². The summed E-state index contributed by atoms with van der Waals surface area (Å²) < 4.78 is 31.2. The van der Waals surface area contributed by atoms with Gasteiger partial charge in [-0.3, -0.25) is 0 Å². The Kier molecular flexibility index (Phi) is 7.47. The van der Waals surface area contributed by atoms with Gasteiger partial charge >= 0.3 is 0 Å². The third-order valence-corrected chi connectivity index (χ3v) is 3.92. The van der Waals surface area contributed by atoms with Crippen LogP contribution in [0.4, 0.5) is 0 Å². The van der Waals surface area contributed by atoms with Gasteiger partial charge in [0.05, 0.1) is 5.75 Å². The molecule has 1 aromatic rings. The highest BCUT2D eigenvalue weighted by molar-refractivity contribution is 7.89. The zero-order chi connectivity index (χ0) is 14.0. The summed E-state index contributed by atoms with van der Waals surface area (Å²) in [5.74, 6) is 0.888.